The van der Waals surface area contributed by atoms with Gasteiger partial charge < -0.3 is 5.73 Å². The van der Waals surface area contributed by atoms with E-state index in [9.17, 15) is 8.42 Å². The number of sulfonamides is 1. The highest BCUT2D eigenvalue weighted by atomic mass is 32.2. The van der Waals surface area contributed by atoms with Crippen LogP contribution in [0.5, 0.6) is 0 Å². The van der Waals surface area contributed by atoms with E-state index in [1.165, 1.54) is 15.6 Å². The van der Waals surface area contributed by atoms with Crippen LogP contribution in [0.1, 0.15) is 6.42 Å². The molecule has 1 saturated heterocycles. The minimum Gasteiger partial charge on any atom is -0.381 e. The lowest BCUT2D eigenvalue weighted by Gasteiger charge is -2.19. The monoisotopic (exact) mass is 318 g/mol. The Morgan fingerprint density at radius 1 is 1.32 bits per heavy atom. The van der Waals surface area contributed by atoms with Crippen LogP contribution in [0.25, 0.3) is 4.96 Å². The van der Waals surface area contributed by atoms with Gasteiger partial charge in [-0.05, 0) is 12.2 Å². The van der Waals surface area contributed by atoms with Crippen molar-refractivity contribution in [2.75, 3.05) is 30.3 Å². The molecule has 0 bridgehead atoms. The summed E-state index contributed by atoms with van der Waals surface area (Å²) in [6.07, 6.45) is 2.57. The van der Waals surface area contributed by atoms with Gasteiger partial charge >= 0.3 is 0 Å². The maximum atomic E-state index is 12.7. The second-order valence-electron chi connectivity index (χ2n) is 4.23. The van der Waals surface area contributed by atoms with Crippen LogP contribution in [0.4, 0.5) is 5.82 Å². The Morgan fingerprint density at radius 3 is 3.00 bits per heavy atom. The maximum absolute atomic E-state index is 12.7. The fraction of sp³-hybridized carbons (Fsp3) is 0.500. The summed E-state index contributed by atoms with van der Waals surface area (Å²) in [7, 11) is -3.57. The molecule has 0 amide bonds. The van der Waals surface area contributed by atoms with Crippen molar-refractivity contribution in [3.05, 3.63) is 11.6 Å². The van der Waals surface area contributed by atoms with Crippen molar-refractivity contribution < 1.29 is 8.42 Å². The third-order valence-electron chi connectivity index (χ3n) is 3.01. The average molecular weight is 318 g/mol. The van der Waals surface area contributed by atoms with Gasteiger partial charge in [0, 0.05) is 30.4 Å². The van der Waals surface area contributed by atoms with Crippen molar-refractivity contribution in [1.29, 1.82) is 0 Å². The molecule has 1 aliphatic heterocycles. The Labute approximate surface area is 119 Å². The minimum absolute atomic E-state index is 0.0868. The Kier molecular flexibility index (Phi) is 3.46. The molecule has 1 aliphatic rings. The van der Waals surface area contributed by atoms with E-state index in [1.807, 2.05) is 0 Å². The van der Waals surface area contributed by atoms with Crippen LogP contribution in [0.3, 0.4) is 0 Å². The van der Waals surface area contributed by atoms with Gasteiger partial charge in [-0.15, -0.1) is 11.3 Å². The zero-order valence-electron chi connectivity index (χ0n) is 10.2. The summed E-state index contributed by atoms with van der Waals surface area (Å²) < 4.78 is 28.5. The van der Waals surface area contributed by atoms with E-state index in [1.54, 1.807) is 27.7 Å². The molecule has 0 aliphatic carbocycles. The topological polar surface area (TPSA) is 80.7 Å². The van der Waals surface area contributed by atoms with Gasteiger partial charge in [0.1, 0.15) is 0 Å². The van der Waals surface area contributed by atoms with Crippen molar-refractivity contribution in [3.63, 3.8) is 0 Å². The van der Waals surface area contributed by atoms with Crippen LogP contribution in [-0.4, -0.2) is 46.7 Å². The number of thiazole rings is 1. The number of anilines is 1. The van der Waals surface area contributed by atoms with E-state index in [0.717, 1.165) is 17.9 Å². The number of imidazole rings is 1. The van der Waals surface area contributed by atoms with E-state index in [0.29, 0.717) is 18.1 Å². The summed E-state index contributed by atoms with van der Waals surface area (Å²) in [5, 5.41) is 1.91. The van der Waals surface area contributed by atoms with Gasteiger partial charge in [-0.1, -0.05) is 0 Å². The minimum atomic E-state index is -3.57. The molecular formula is C10H14N4O2S3. The molecule has 1 fully saturated rings. The number of aromatic nitrogens is 2. The first-order valence-electron chi connectivity index (χ1n) is 5.89. The van der Waals surface area contributed by atoms with Crippen LogP contribution < -0.4 is 5.73 Å². The number of nitrogens with zero attached hydrogens (tertiary/aromatic N) is 3. The van der Waals surface area contributed by atoms with E-state index in [-0.39, 0.29) is 10.8 Å². The smallest absolute Gasteiger partial charge is 0.262 e. The van der Waals surface area contributed by atoms with Gasteiger partial charge in [0.25, 0.3) is 10.0 Å². The van der Waals surface area contributed by atoms with E-state index < -0.39 is 10.0 Å². The third kappa shape index (κ3) is 2.24. The molecule has 2 aromatic rings. The summed E-state index contributed by atoms with van der Waals surface area (Å²) in [5.74, 6) is 1.91. The predicted molar refractivity (Wildman–Crippen MR) is 78.2 cm³/mol. The molecule has 0 saturated carbocycles. The number of fused-ring (bicyclic) bond motifs is 1. The van der Waals surface area contributed by atoms with E-state index in [2.05, 4.69) is 4.98 Å². The normalized spacial score (nSPS) is 18.7. The standard InChI is InChI=1S/C10H14N4O2S3/c11-8-9(14-4-7-18-10(14)12-8)19(15,16)13-2-1-5-17-6-3-13/h4,7H,1-3,5-6,11H2. The number of thioether (sulfide) groups is 1. The van der Waals surface area contributed by atoms with Gasteiger partial charge in [0.15, 0.2) is 15.8 Å². The largest absolute Gasteiger partial charge is 0.381 e. The SMILES string of the molecule is Nc1nc2sccn2c1S(=O)(=O)N1CCCSCC1. The van der Waals surface area contributed by atoms with Crippen molar-refractivity contribution in [1.82, 2.24) is 13.7 Å². The average Bonchev–Trinajstić information content (AvgIpc) is 2.77. The van der Waals surface area contributed by atoms with Crippen LogP contribution in [0.15, 0.2) is 16.6 Å². The van der Waals surface area contributed by atoms with Gasteiger partial charge in [-0.25, -0.2) is 13.4 Å². The van der Waals surface area contributed by atoms with Gasteiger partial charge in [0.05, 0.1) is 0 Å². The Bertz CT molecular complexity index is 683. The lowest BCUT2D eigenvalue weighted by atomic mass is 10.5. The molecule has 3 rings (SSSR count). The zero-order chi connectivity index (χ0) is 13.5. The Hall–Kier alpha value is -0.770. The zero-order valence-corrected chi connectivity index (χ0v) is 12.6. The number of nitrogens with two attached hydrogens (primary N) is 1. The molecule has 0 atom stereocenters. The summed E-state index contributed by atoms with van der Waals surface area (Å²) in [6, 6.07) is 0. The van der Waals surface area contributed by atoms with Crippen molar-refractivity contribution in [2.24, 2.45) is 0 Å². The number of rotatable bonds is 2. The molecule has 0 spiro atoms. The molecule has 2 aromatic heterocycles. The summed E-state index contributed by atoms with van der Waals surface area (Å²) >= 11 is 3.16. The van der Waals surface area contributed by atoms with Gasteiger partial charge in [-0.3, -0.25) is 4.40 Å². The Morgan fingerprint density at radius 2 is 2.16 bits per heavy atom. The fourth-order valence-electron chi connectivity index (χ4n) is 2.12. The maximum Gasteiger partial charge on any atom is 0.262 e. The van der Waals surface area contributed by atoms with E-state index in [4.69, 9.17) is 5.73 Å². The highest BCUT2D eigenvalue weighted by Crippen LogP contribution is 2.27. The van der Waals surface area contributed by atoms with Crippen LogP contribution >= 0.6 is 23.1 Å². The lowest BCUT2D eigenvalue weighted by Crippen LogP contribution is -2.34. The highest BCUT2D eigenvalue weighted by Gasteiger charge is 2.31. The van der Waals surface area contributed by atoms with Crippen molar-refractivity contribution >= 4 is 43.9 Å². The molecule has 6 nitrogen and oxygen atoms in total. The first-order chi connectivity index (χ1) is 9.10. The van der Waals surface area contributed by atoms with Crippen LogP contribution in [0, 0.1) is 0 Å². The van der Waals surface area contributed by atoms with Crippen LogP contribution in [0.2, 0.25) is 0 Å². The van der Waals surface area contributed by atoms with Gasteiger partial charge in [-0.2, -0.15) is 16.1 Å². The second kappa shape index (κ2) is 4.97. The summed E-state index contributed by atoms with van der Waals surface area (Å²) in [4.78, 5) is 4.72. The Balaban J connectivity index is 2.08. The number of nitrogen functional groups attached to an aromatic ring is 1. The molecule has 9 heteroatoms. The molecule has 104 valence electrons. The third-order valence-corrected chi connectivity index (χ3v) is 6.75. The fourth-order valence-corrected chi connectivity index (χ4v) is 5.56. The highest BCUT2D eigenvalue weighted by molar-refractivity contribution is 7.99. The lowest BCUT2D eigenvalue weighted by molar-refractivity contribution is 0.432. The molecular weight excluding hydrogens is 304 g/mol. The molecule has 3 heterocycles. The molecule has 0 aromatic carbocycles. The van der Waals surface area contributed by atoms with Crippen molar-refractivity contribution in [3.8, 4) is 0 Å². The number of hydrogen-bond acceptors (Lipinski definition) is 6. The first-order valence-corrected chi connectivity index (χ1v) is 9.37. The van der Waals surface area contributed by atoms with Crippen molar-refractivity contribution in [2.45, 2.75) is 11.4 Å². The quantitative estimate of drug-likeness (QED) is 0.897. The second-order valence-corrected chi connectivity index (χ2v) is 8.18. The van der Waals surface area contributed by atoms with Gasteiger partial charge in [0.2, 0.25) is 0 Å². The summed E-state index contributed by atoms with van der Waals surface area (Å²) in [5.41, 5.74) is 5.79. The molecule has 2 N–H and O–H groups in total. The molecule has 0 unspecified atom stereocenters. The number of hydrogen-bond donors (Lipinski definition) is 1. The van der Waals surface area contributed by atoms with Crippen LogP contribution in [-0.2, 0) is 10.0 Å². The summed E-state index contributed by atoms with van der Waals surface area (Å²) in [6.45, 7) is 1.08. The first kappa shape index (κ1) is 13.2. The molecule has 0 radical (unpaired) electrons. The predicted octanol–water partition coefficient (Wildman–Crippen LogP) is 1.11. The van der Waals surface area contributed by atoms with E-state index >= 15 is 0 Å². The molecule has 19 heavy (non-hydrogen) atoms.